The van der Waals surface area contributed by atoms with Gasteiger partial charge in [-0.2, -0.15) is 0 Å². The van der Waals surface area contributed by atoms with Crippen molar-refractivity contribution in [3.8, 4) is 0 Å². The Morgan fingerprint density at radius 1 is 1.38 bits per heavy atom. The molecule has 2 rings (SSSR count). The number of nitrogens with one attached hydrogen (secondary N) is 1. The van der Waals surface area contributed by atoms with E-state index in [2.05, 4.69) is 12.2 Å². The molecule has 1 saturated carbocycles. The molecule has 0 bridgehead atoms. The Labute approximate surface area is 130 Å². The van der Waals surface area contributed by atoms with Gasteiger partial charge in [-0.1, -0.05) is 26.3 Å². The van der Waals surface area contributed by atoms with E-state index in [-0.39, 0.29) is 16.2 Å². The summed E-state index contributed by atoms with van der Waals surface area (Å²) >= 11 is 0. The molecule has 1 amide bonds. The van der Waals surface area contributed by atoms with Crippen molar-refractivity contribution in [2.24, 2.45) is 5.41 Å². The fraction of sp³-hybridized carbons (Fsp3) is 0.533. The summed E-state index contributed by atoms with van der Waals surface area (Å²) in [5.74, 6) is -0.234. The Morgan fingerprint density at radius 3 is 2.52 bits per heavy atom. The number of rotatable bonds is 5. The molecule has 0 aromatic heterocycles. The van der Waals surface area contributed by atoms with Gasteiger partial charge in [0.1, 0.15) is 0 Å². The van der Waals surface area contributed by atoms with Crippen LogP contribution in [0.1, 0.15) is 49.0 Å². The van der Waals surface area contributed by atoms with Crippen molar-refractivity contribution in [2.75, 3.05) is 6.54 Å². The minimum atomic E-state index is -3.83. The van der Waals surface area contributed by atoms with E-state index >= 15 is 0 Å². The van der Waals surface area contributed by atoms with Gasteiger partial charge in [0, 0.05) is 22.8 Å². The van der Waals surface area contributed by atoms with E-state index in [0.29, 0.717) is 18.5 Å². The maximum absolute atomic E-state index is 12.3. The average molecular weight is 330 g/mol. The first kappa shape index (κ1) is 16.3. The molecule has 116 valence electrons. The molecule has 1 aliphatic rings. The highest BCUT2D eigenvalue weighted by Gasteiger charge is 2.32. The van der Waals surface area contributed by atoms with Crippen LogP contribution in [0.25, 0.3) is 0 Å². The van der Waals surface area contributed by atoms with E-state index in [4.69, 9.17) is 10.7 Å². The van der Waals surface area contributed by atoms with Crippen molar-refractivity contribution in [3.05, 3.63) is 29.3 Å². The lowest BCUT2D eigenvalue weighted by Crippen LogP contribution is -2.40. The summed E-state index contributed by atoms with van der Waals surface area (Å²) < 4.78 is 22.8. The number of benzene rings is 1. The molecule has 0 saturated heterocycles. The molecule has 1 fully saturated rings. The van der Waals surface area contributed by atoms with E-state index < -0.39 is 9.05 Å². The van der Waals surface area contributed by atoms with Gasteiger partial charge < -0.3 is 5.32 Å². The average Bonchev–Trinajstić information content (AvgIpc) is 2.41. The molecular weight excluding hydrogens is 310 g/mol. The highest BCUT2D eigenvalue weighted by atomic mass is 35.7. The van der Waals surface area contributed by atoms with Crippen LogP contribution >= 0.6 is 10.7 Å². The zero-order valence-electron chi connectivity index (χ0n) is 12.3. The second-order valence-corrected chi connectivity index (χ2v) is 8.52. The van der Waals surface area contributed by atoms with Crippen LogP contribution in [0.4, 0.5) is 0 Å². The first-order valence-corrected chi connectivity index (χ1v) is 9.42. The van der Waals surface area contributed by atoms with Crippen molar-refractivity contribution in [2.45, 2.75) is 44.4 Å². The van der Waals surface area contributed by atoms with Gasteiger partial charge in [0.2, 0.25) is 0 Å². The molecule has 1 aliphatic carbocycles. The highest BCUT2D eigenvalue weighted by Crippen LogP contribution is 2.39. The summed E-state index contributed by atoms with van der Waals surface area (Å²) in [7, 11) is 1.52. The SMILES string of the molecule is CCc1ccc(S(=O)(=O)Cl)cc1C(=O)NCC1(C)CCC1. The predicted molar refractivity (Wildman–Crippen MR) is 83.2 cm³/mol. The van der Waals surface area contributed by atoms with Gasteiger partial charge in [-0.25, -0.2) is 8.42 Å². The monoisotopic (exact) mass is 329 g/mol. The van der Waals surface area contributed by atoms with Crippen LogP contribution < -0.4 is 5.32 Å². The number of amides is 1. The van der Waals surface area contributed by atoms with Crippen LogP contribution in [0.15, 0.2) is 23.1 Å². The summed E-state index contributed by atoms with van der Waals surface area (Å²) in [6.07, 6.45) is 4.09. The molecule has 0 atom stereocenters. The van der Waals surface area contributed by atoms with Gasteiger partial charge in [0.05, 0.1) is 4.90 Å². The molecule has 0 heterocycles. The van der Waals surface area contributed by atoms with Gasteiger partial charge in [-0.15, -0.1) is 0 Å². The van der Waals surface area contributed by atoms with Crippen LogP contribution in [0, 0.1) is 5.41 Å². The van der Waals surface area contributed by atoms with Gasteiger partial charge in [-0.05, 0) is 42.4 Å². The normalized spacial score (nSPS) is 17.1. The minimum absolute atomic E-state index is 0.0404. The molecule has 6 heteroatoms. The molecule has 1 aromatic rings. The van der Waals surface area contributed by atoms with Crippen molar-refractivity contribution in [3.63, 3.8) is 0 Å². The smallest absolute Gasteiger partial charge is 0.261 e. The zero-order chi connectivity index (χ0) is 15.7. The summed E-state index contributed by atoms with van der Waals surface area (Å²) in [6.45, 7) is 4.69. The third-order valence-electron chi connectivity index (χ3n) is 4.22. The fourth-order valence-electron chi connectivity index (χ4n) is 2.57. The molecule has 1 aromatic carbocycles. The third-order valence-corrected chi connectivity index (χ3v) is 5.58. The number of aryl methyl sites for hydroxylation is 1. The Bertz CT molecular complexity index is 651. The fourth-order valence-corrected chi connectivity index (χ4v) is 3.35. The Balaban J connectivity index is 2.21. The minimum Gasteiger partial charge on any atom is -0.351 e. The molecule has 1 N–H and O–H groups in total. The lowest BCUT2D eigenvalue weighted by atomic mass is 9.70. The zero-order valence-corrected chi connectivity index (χ0v) is 13.9. The second kappa shape index (κ2) is 5.97. The standard InChI is InChI=1S/C15H20ClNO3S/c1-3-11-5-6-12(21(16,19)20)9-13(11)14(18)17-10-15(2)7-4-8-15/h5-6,9H,3-4,7-8,10H2,1-2H3,(H,17,18). The van der Waals surface area contributed by atoms with Gasteiger partial charge in [0.15, 0.2) is 0 Å². The van der Waals surface area contributed by atoms with Crippen LogP contribution in [0.5, 0.6) is 0 Å². The van der Waals surface area contributed by atoms with Gasteiger partial charge in [-0.3, -0.25) is 4.79 Å². The summed E-state index contributed by atoms with van der Waals surface area (Å²) in [4.78, 5) is 12.3. The molecule has 0 radical (unpaired) electrons. The van der Waals surface area contributed by atoms with E-state index in [1.165, 1.54) is 18.6 Å². The van der Waals surface area contributed by atoms with Crippen LogP contribution in [-0.4, -0.2) is 20.9 Å². The first-order valence-electron chi connectivity index (χ1n) is 7.11. The van der Waals surface area contributed by atoms with Crippen LogP contribution in [-0.2, 0) is 15.5 Å². The van der Waals surface area contributed by atoms with Gasteiger partial charge in [0.25, 0.3) is 15.0 Å². The second-order valence-electron chi connectivity index (χ2n) is 5.96. The molecule has 0 unspecified atom stereocenters. The molecular formula is C15H20ClNO3S. The van der Waals surface area contributed by atoms with E-state index in [0.717, 1.165) is 18.4 Å². The largest absolute Gasteiger partial charge is 0.351 e. The maximum Gasteiger partial charge on any atom is 0.261 e. The van der Waals surface area contributed by atoms with E-state index in [1.807, 2.05) is 6.92 Å². The topological polar surface area (TPSA) is 63.2 Å². The Kier molecular flexibility index (Phi) is 4.63. The number of halogens is 1. The van der Waals surface area contributed by atoms with E-state index in [9.17, 15) is 13.2 Å². The Morgan fingerprint density at radius 2 is 2.05 bits per heavy atom. The summed E-state index contributed by atoms with van der Waals surface area (Å²) in [5, 5.41) is 2.92. The summed E-state index contributed by atoms with van der Waals surface area (Å²) in [6, 6.07) is 4.44. The number of hydrogen-bond donors (Lipinski definition) is 1. The van der Waals surface area contributed by atoms with Crippen molar-refractivity contribution in [1.82, 2.24) is 5.32 Å². The van der Waals surface area contributed by atoms with Gasteiger partial charge >= 0.3 is 0 Å². The number of carbonyl (C=O) groups excluding carboxylic acids is 1. The number of hydrogen-bond acceptors (Lipinski definition) is 3. The number of carbonyl (C=O) groups is 1. The molecule has 21 heavy (non-hydrogen) atoms. The lowest BCUT2D eigenvalue weighted by Gasteiger charge is -2.38. The molecule has 0 spiro atoms. The maximum atomic E-state index is 12.3. The summed E-state index contributed by atoms with van der Waals surface area (Å²) in [5.41, 5.74) is 1.38. The Hall–Kier alpha value is -1.07. The lowest BCUT2D eigenvalue weighted by molar-refractivity contribution is 0.0889. The molecule has 0 aliphatic heterocycles. The van der Waals surface area contributed by atoms with Crippen LogP contribution in [0.2, 0.25) is 0 Å². The quantitative estimate of drug-likeness (QED) is 0.844. The van der Waals surface area contributed by atoms with Crippen molar-refractivity contribution in [1.29, 1.82) is 0 Å². The third kappa shape index (κ3) is 3.77. The van der Waals surface area contributed by atoms with E-state index in [1.54, 1.807) is 6.07 Å². The predicted octanol–water partition coefficient (Wildman–Crippen LogP) is 3.10. The molecule has 4 nitrogen and oxygen atoms in total. The highest BCUT2D eigenvalue weighted by molar-refractivity contribution is 8.13. The van der Waals surface area contributed by atoms with Crippen LogP contribution in [0.3, 0.4) is 0 Å². The first-order chi connectivity index (χ1) is 9.75. The van der Waals surface area contributed by atoms with Crippen molar-refractivity contribution < 1.29 is 13.2 Å². The van der Waals surface area contributed by atoms with Crippen molar-refractivity contribution >= 4 is 25.6 Å².